The second-order valence-electron chi connectivity index (χ2n) is 4.30. The Bertz CT molecular complexity index is 604. The first-order chi connectivity index (χ1) is 10.1. The summed E-state index contributed by atoms with van der Waals surface area (Å²) in [5.41, 5.74) is 1.76. The van der Waals surface area contributed by atoms with E-state index in [1.54, 1.807) is 24.3 Å². The minimum Gasteiger partial charge on any atom is -0.489 e. The van der Waals surface area contributed by atoms with Gasteiger partial charge >= 0.3 is 11.9 Å². The van der Waals surface area contributed by atoms with E-state index in [-0.39, 0.29) is 6.61 Å². The van der Waals surface area contributed by atoms with Crippen molar-refractivity contribution in [1.29, 1.82) is 0 Å². The number of carboxylic acids is 1. The van der Waals surface area contributed by atoms with Crippen molar-refractivity contribution in [2.45, 2.75) is 13.2 Å². The Hall–Kier alpha value is -2.82. The standard InChI is InChI=1S/C16H14O5/c17-15(18)16(19)21-11-13-6-8-14(9-7-13)20-10-12-4-2-1-3-5-12/h1-9H,10-11H2,(H,17,18). The number of carbonyl (C=O) groups is 2. The molecule has 0 aliphatic rings. The summed E-state index contributed by atoms with van der Waals surface area (Å²) in [7, 11) is 0. The molecule has 0 aliphatic heterocycles. The third-order valence-electron chi connectivity index (χ3n) is 2.72. The van der Waals surface area contributed by atoms with Crippen LogP contribution >= 0.6 is 0 Å². The molecular formula is C16H14O5. The number of hydrogen-bond donors (Lipinski definition) is 1. The molecule has 0 fully saturated rings. The van der Waals surface area contributed by atoms with Crippen LogP contribution in [0.2, 0.25) is 0 Å². The molecule has 0 saturated carbocycles. The van der Waals surface area contributed by atoms with Crippen LogP contribution in [0, 0.1) is 0 Å². The Labute approximate surface area is 121 Å². The molecule has 21 heavy (non-hydrogen) atoms. The highest BCUT2D eigenvalue weighted by Crippen LogP contribution is 2.14. The number of carboxylic acid groups (broad SMARTS) is 1. The number of carbonyl (C=O) groups excluding carboxylic acids is 1. The second kappa shape index (κ2) is 7.09. The number of aliphatic carboxylic acids is 1. The van der Waals surface area contributed by atoms with E-state index in [0.29, 0.717) is 17.9 Å². The summed E-state index contributed by atoms with van der Waals surface area (Å²) in [6.45, 7) is 0.387. The maximum atomic E-state index is 10.8. The van der Waals surface area contributed by atoms with E-state index in [1.165, 1.54) is 0 Å². The van der Waals surface area contributed by atoms with Crippen LogP contribution in [0.4, 0.5) is 0 Å². The van der Waals surface area contributed by atoms with Crippen LogP contribution in [0.5, 0.6) is 5.75 Å². The highest BCUT2D eigenvalue weighted by Gasteiger charge is 2.12. The summed E-state index contributed by atoms with van der Waals surface area (Å²) in [4.78, 5) is 21.1. The number of rotatable bonds is 5. The molecule has 0 radical (unpaired) electrons. The summed E-state index contributed by atoms with van der Waals surface area (Å²) >= 11 is 0. The van der Waals surface area contributed by atoms with Crippen molar-refractivity contribution < 1.29 is 24.2 Å². The van der Waals surface area contributed by atoms with E-state index in [9.17, 15) is 9.59 Å². The molecule has 0 aliphatic carbocycles. The Morgan fingerprint density at radius 3 is 2.10 bits per heavy atom. The molecular weight excluding hydrogens is 272 g/mol. The quantitative estimate of drug-likeness (QED) is 0.675. The summed E-state index contributed by atoms with van der Waals surface area (Å²) in [5.74, 6) is -2.18. The SMILES string of the molecule is O=C(O)C(=O)OCc1ccc(OCc2ccccc2)cc1. The van der Waals surface area contributed by atoms with Crippen molar-refractivity contribution >= 4 is 11.9 Å². The molecule has 0 saturated heterocycles. The molecule has 2 aromatic carbocycles. The third kappa shape index (κ3) is 4.65. The van der Waals surface area contributed by atoms with Gasteiger partial charge in [-0.15, -0.1) is 0 Å². The van der Waals surface area contributed by atoms with Crippen molar-refractivity contribution in [3.63, 3.8) is 0 Å². The molecule has 0 spiro atoms. The zero-order chi connectivity index (χ0) is 15.1. The Balaban J connectivity index is 1.84. The van der Waals surface area contributed by atoms with Gasteiger partial charge in [0.2, 0.25) is 0 Å². The van der Waals surface area contributed by atoms with Crippen LogP contribution in [0.15, 0.2) is 54.6 Å². The van der Waals surface area contributed by atoms with E-state index >= 15 is 0 Å². The minimum absolute atomic E-state index is 0.0793. The van der Waals surface area contributed by atoms with Gasteiger partial charge in [-0.3, -0.25) is 0 Å². The van der Waals surface area contributed by atoms with Gasteiger partial charge in [-0.1, -0.05) is 42.5 Å². The zero-order valence-electron chi connectivity index (χ0n) is 11.2. The number of esters is 1. The highest BCUT2D eigenvalue weighted by atomic mass is 16.6. The molecule has 0 amide bonds. The van der Waals surface area contributed by atoms with Gasteiger partial charge in [-0.05, 0) is 23.3 Å². The molecule has 0 atom stereocenters. The molecule has 5 heteroatoms. The van der Waals surface area contributed by atoms with Gasteiger partial charge in [0.1, 0.15) is 19.0 Å². The lowest BCUT2D eigenvalue weighted by molar-refractivity contribution is -0.164. The Morgan fingerprint density at radius 1 is 0.857 bits per heavy atom. The van der Waals surface area contributed by atoms with Gasteiger partial charge in [0.15, 0.2) is 0 Å². The Morgan fingerprint density at radius 2 is 1.48 bits per heavy atom. The van der Waals surface area contributed by atoms with Gasteiger partial charge in [0, 0.05) is 0 Å². The highest BCUT2D eigenvalue weighted by molar-refractivity contribution is 6.28. The van der Waals surface area contributed by atoms with Crippen LogP contribution in [0.1, 0.15) is 11.1 Å². The molecule has 5 nitrogen and oxygen atoms in total. The predicted molar refractivity (Wildman–Crippen MR) is 74.6 cm³/mol. The topological polar surface area (TPSA) is 72.8 Å². The zero-order valence-corrected chi connectivity index (χ0v) is 11.2. The summed E-state index contributed by atoms with van der Waals surface area (Å²) in [6.07, 6.45) is 0. The maximum absolute atomic E-state index is 10.8. The van der Waals surface area contributed by atoms with Gasteiger partial charge in [-0.2, -0.15) is 0 Å². The van der Waals surface area contributed by atoms with E-state index in [0.717, 1.165) is 5.56 Å². The minimum atomic E-state index is -1.60. The van der Waals surface area contributed by atoms with Crippen molar-refractivity contribution in [1.82, 2.24) is 0 Å². The molecule has 0 unspecified atom stereocenters. The fraction of sp³-hybridized carbons (Fsp3) is 0.125. The van der Waals surface area contributed by atoms with Crippen LogP contribution in [0.3, 0.4) is 0 Å². The molecule has 2 aromatic rings. The molecule has 0 bridgehead atoms. The van der Waals surface area contributed by atoms with Gasteiger partial charge in [0.25, 0.3) is 0 Å². The molecule has 1 N–H and O–H groups in total. The van der Waals surface area contributed by atoms with E-state index < -0.39 is 11.9 Å². The largest absolute Gasteiger partial charge is 0.489 e. The molecule has 0 aromatic heterocycles. The average Bonchev–Trinajstić information content (AvgIpc) is 2.52. The predicted octanol–water partition coefficient (Wildman–Crippen LogP) is 2.39. The lowest BCUT2D eigenvalue weighted by atomic mass is 10.2. The lowest BCUT2D eigenvalue weighted by Crippen LogP contribution is -2.15. The smallest absolute Gasteiger partial charge is 0.417 e. The van der Waals surface area contributed by atoms with E-state index in [1.807, 2.05) is 30.3 Å². The van der Waals surface area contributed by atoms with E-state index in [4.69, 9.17) is 9.84 Å². The average molecular weight is 286 g/mol. The van der Waals surface area contributed by atoms with Crippen LogP contribution in [-0.4, -0.2) is 17.0 Å². The second-order valence-corrected chi connectivity index (χ2v) is 4.30. The Kier molecular flexibility index (Phi) is 4.93. The van der Waals surface area contributed by atoms with Crippen molar-refractivity contribution in [3.8, 4) is 5.75 Å². The number of hydrogen-bond acceptors (Lipinski definition) is 4. The summed E-state index contributed by atoms with van der Waals surface area (Å²) < 4.78 is 10.2. The third-order valence-corrected chi connectivity index (χ3v) is 2.72. The normalized spacial score (nSPS) is 9.90. The van der Waals surface area contributed by atoms with E-state index in [2.05, 4.69) is 4.74 Å². The molecule has 2 rings (SSSR count). The van der Waals surface area contributed by atoms with Crippen molar-refractivity contribution in [2.75, 3.05) is 0 Å². The van der Waals surface area contributed by atoms with Gasteiger partial charge in [-0.25, -0.2) is 9.59 Å². The first kappa shape index (κ1) is 14.6. The molecule has 108 valence electrons. The van der Waals surface area contributed by atoms with Crippen LogP contribution in [0.25, 0.3) is 0 Å². The fourth-order valence-electron chi connectivity index (χ4n) is 1.63. The first-order valence-corrected chi connectivity index (χ1v) is 6.31. The number of ether oxygens (including phenoxy) is 2. The van der Waals surface area contributed by atoms with Gasteiger partial charge < -0.3 is 14.6 Å². The first-order valence-electron chi connectivity index (χ1n) is 6.31. The monoisotopic (exact) mass is 286 g/mol. The lowest BCUT2D eigenvalue weighted by Gasteiger charge is -2.07. The molecule has 0 heterocycles. The van der Waals surface area contributed by atoms with Crippen LogP contribution < -0.4 is 4.74 Å². The van der Waals surface area contributed by atoms with Gasteiger partial charge in [0.05, 0.1) is 0 Å². The van der Waals surface area contributed by atoms with Crippen molar-refractivity contribution in [3.05, 3.63) is 65.7 Å². The van der Waals surface area contributed by atoms with Crippen LogP contribution in [-0.2, 0) is 27.5 Å². The summed E-state index contributed by atoms with van der Waals surface area (Å²) in [6, 6.07) is 16.7. The number of benzene rings is 2. The fourth-order valence-corrected chi connectivity index (χ4v) is 1.63. The van der Waals surface area contributed by atoms with Crippen molar-refractivity contribution in [2.24, 2.45) is 0 Å². The maximum Gasteiger partial charge on any atom is 0.417 e. The summed E-state index contributed by atoms with van der Waals surface area (Å²) in [5, 5.41) is 8.39.